The maximum atomic E-state index is 13.1. The highest BCUT2D eigenvalue weighted by Crippen LogP contribution is 2.40. The second-order valence-corrected chi connectivity index (χ2v) is 8.69. The largest absolute Gasteiger partial charge is 0.274 e. The summed E-state index contributed by atoms with van der Waals surface area (Å²) >= 11 is 7.29. The fourth-order valence-electron chi connectivity index (χ4n) is 2.95. The molecule has 0 bridgehead atoms. The lowest BCUT2D eigenvalue weighted by Gasteiger charge is -2.17. The third-order valence-corrected chi connectivity index (χ3v) is 5.85. The Balaban J connectivity index is 2.08. The number of nitrogens with zero attached hydrogens (tertiary/aromatic N) is 1. The summed E-state index contributed by atoms with van der Waals surface area (Å²) in [4.78, 5) is 28.9. The zero-order chi connectivity index (χ0) is 19.7. The van der Waals surface area contributed by atoms with E-state index < -0.39 is 0 Å². The summed E-state index contributed by atoms with van der Waals surface area (Å²) in [6, 6.07) is 13.2. The van der Waals surface area contributed by atoms with Crippen LogP contribution in [0.2, 0.25) is 5.02 Å². The molecular formula is C22H22ClNO2S. The van der Waals surface area contributed by atoms with E-state index in [2.05, 4.69) is 0 Å². The zero-order valence-corrected chi connectivity index (χ0v) is 17.4. The quantitative estimate of drug-likeness (QED) is 0.624. The Morgan fingerprint density at radius 2 is 1.63 bits per heavy atom. The lowest BCUT2D eigenvalue weighted by molar-refractivity contribution is -0.137. The highest BCUT2D eigenvalue weighted by atomic mass is 35.5. The minimum absolute atomic E-state index is 0.207. The molecule has 1 heterocycles. The van der Waals surface area contributed by atoms with Gasteiger partial charge in [0.2, 0.25) is 0 Å². The molecule has 1 aliphatic rings. The van der Waals surface area contributed by atoms with Gasteiger partial charge >= 0.3 is 0 Å². The van der Waals surface area contributed by atoms with Gasteiger partial charge in [0, 0.05) is 16.5 Å². The van der Waals surface area contributed by atoms with Gasteiger partial charge in [-0.15, -0.1) is 0 Å². The molecule has 2 aromatic carbocycles. The number of rotatable bonds is 5. The third kappa shape index (κ3) is 4.12. The van der Waals surface area contributed by atoms with Crippen molar-refractivity contribution >= 4 is 40.8 Å². The van der Waals surface area contributed by atoms with Gasteiger partial charge in [0.15, 0.2) is 0 Å². The van der Waals surface area contributed by atoms with Crippen molar-refractivity contribution in [3.63, 3.8) is 0 Å². The molecule has 0 spiro atoms. The average Bonchev–Trinajstić information content (AvgIpc) is 2.83. The van der Waals surface area contributed by atoms with Crippen molar-refractivity contribution in [3.05, 3.63) is 69.1 Å². The summed E-state index contributed by atoms with van der Waals surface area (Å²) in [6.45, 7) is 8.46. The summed E-state index contributed by atoms with van der Waals surface area (Å²) in [5.41, 5.74) is 3.53. The zero-order valence-electron chi connectivity index (χ0n) is 15.9. The maximum absolute atomic E-state index is 13.1. The molecule has 0 aliphatic carbocycles. The first kappa shape index (κ1) is 19.7. The monoisotopic (exact) mass is 399 g/mol. The number of halogens is 1. The molecule has 3 nitrogen and oxygen atoms in total. The second kappa shape index (κ2) is 7.91. The number of hydrogen-bond donors (Lipinski definition) is 0. The van der Waals surface area contributed by atoms with Crippen molar-refractivity contribution in [1.29, 1.82) is 0 Å². The van der Waals surface area contributed by atoms with Crippen molar-refractivity contribution in [2.24, 2.45) is 5.92 Å². The van der Waals surface area contributed by atoms with E-state index in [0.29, 0.717) is 22.0 Å². The summed E-state index contributed by atoms with van der Waals surface area (Å²) in [5, 5.41) is 0.637. The predicted octanol–water partition coefficient (Wildman–Crippen LogP) is 5.49. The molecule has 0 saturated carbocycles. The lowest BCUT2D eigenvalue weighted by atomic mass is 10.0. The molecule has 2 amide bonds. The number of carbonyl (C=O) groups excluding carboxylic acids is 2. The Labute approximate surface area is 169 Å². The van der Waals surface area contributed by atoms with E-state index in [4.69, 9.17) is 11.6 Å². The molecule has 0 unspecified atom stereocenters. The van der Waals surface area contributed by atoms with Crippen LogP contribution in [0, 0.1) is 19.8 Å². The van der Waals surface area contributed by atoms with E-state index in [-0.39, 0.29) is 17.7 Å². The number of amides is 2. The van der Waals surface area contributed by atoms with Gasteiger partial charge in [0.05, 0.1) is 10.5 Å². The first-order chi connectivity index (χ1) is 12.8. The molecule has 0 fully saturated rings. The van der Waals surface area contributed by atoms with Crippen molar-refractivity contribution in [2.45, 2.75) is 32.6 Å². The molecular weight excluding hydrogens is 378 g/mol. The summed E-state index contributed by atoms with van der Waals surface area (Å²) < 4.78 is 0. The molecule has 2 aromatic rings. The predicted molar refractivity (Wildman–Crippen MR) is 112 cm³/mol. The number of carbonyl (C=O) groups is 2. The van der Waals surface area contributed by atoms with Crippen molar-refractivity contribution in [2.75, 3.05) is 6.54 Å². The molecule has 0 saturated heterocycles. The van der Waals surface area contributed by atoms with Crippen molar-refractivity contribution < 1.29 is 9.59 Å². The Morgan fingerprint density at radius 1 is 0.963 bits per heavy atom. The van der Waals surface area contributed by atoms with Gasteiger partial charge in [-0.05, 0) is 60.7 Å². The fraction of sp³-hybridized carbons (Fsp3) is 0.273. The Kier molecular flexibility index (Phi) is 5.78. The minimum atomic E-state index is -0.220. The maximum Gasteiger partial charge on any atom is 0.268 e. The molecule has 1 aliphatic heterocycles. The summed E-state index contributed by atoms with van der Waals surface area (Å²) in [6.07, 6.45) is 0. The standard InChI is InChI=1S/C22H22ClNO2S/c1-13(2)12-24-21(25)19(16-6-5-14(3)15(4)11-16)20(22(24)26)27-18-9-7-17(23)8-10-18/h5-11,13H,12H2,1-4H3. The van der Waals surface area contributed by atoms with Gasteiger partial charge in [-0.3, -0.25) is 14.5 Å². The van der Waals surface area contributed by atoms with Gasteiger partial charge < -0.3 is 0 Å². The number of imide groups is 1. The van der Waals surface area contributed by atoms with Crippen molar-refractivity contribution in [3.8, 4) is 0 Å². The van der Waals surface area contributed by atoms with E-state index in [1.54, 1.807) is 12.1 Å². The van der Waals surface area contributed by atoms with Gasteiger partial charge in [-0.25, -0.2) is 0 Å². The van der Waals surface area contributed by atoms with Crippen LogP contribution < -0.4 is 0 Å². The molecule has 3 rings (SSSR count). The molecule has 0 aromatic heterocycles. The molecule has 0 atom stereocenters. The SMILES string of the molecule is Cc1ccc(C2=C(Sc3ccc(Cl)cc3)C(=O)N(CC(C)C)C2=O)cc1C. The van der Waals surface area contributed by atoms with Gasteiger partial charge in [-0.2, -0.15) is 0 Å². The summed E-state index contributed by atoms with van der Waals surface area (Å²) in [7, 11) is 0. The Morgan fingerprint density at radius 3 is 2.22 bits per heavy atom. The molecule has 0 N–H and O–H groups in total. The first-order valence-corrected chi connectivity index (χ1v) is 10.1. The molecule has 5 heteroatoms. The summed E-state index contributed by atoms with van der Waals surface area (Å²) in [5.74, 6) is -0.228. The molecule has 27 heavy (non-hydrogen) atoms. The second-order valence-electron chi connectivity index (χ2n) is 7.17. The van der Waals surface area contributed by atoms with Gasteiger partial charge in [0.25, 0.3) is 11.8 Å². The Bertz CT molecular complexity index is 932. The topological polar surface area (TPSA) is 37.4 Å². The van der Waals surface area contributed by atoms with Crippen LogP contribution in [0.3, 0.4) is 0 Å². The van der Waals surface area contributed by atoms with Gasteiger partial charge in [-0.1, -0.05) is 55.4 Å². The average molecular weight is 400 g/mol. The number of hydrogen-bond acceptors (Lipinski definition) is 3. The Hall–Kier alpha value is -2.04. The van der Waals surface area contributed by atoms with Crippen LogP contribution in [0.25, 0.3) is 5.57 Å². The number of aryl methyl sites for hydroxylation is 2. The highest BCUT2D eigenvalue weighted by molar-refractivity contribution is 8.04. The minimum Gasteiger partial charge on any atom is -0.274 e. The first-order valence-electron chi connectivity index (χ1n) is 8.89. The van der Waals surface area contributed by atoms with Crippen molar-refractivity contribution in [1.82, 2.24) is 4.90 Å². The van der Waals surface area contributed by atoms with E-state index in [9.17, 15) is 9.59 Å². The van der Waals surface area contributed by atoms with Gasteiger partial charge in [0.1, 0.15) is 0 Å². The molecule has 0 radical (unpaired) electrons. The number of thioether (sulfide) groups is 1. The smallest absolute Gasteiger partial charge is 0.268 e. The molecule has 140 valence electrons. The van der Waals surface area contributed by atoms with E-state index in [1.807, 2.05) is 58.0 Å². The normalized spacial score (nSPS) is 14.7. The van der Waals surface area contributed by atoms with Crippen LogP contribution in [0.1, 0.15) is 30.5 Å². The fourth-order valence-corrected chi connectivity index (χ4v) is 4.09. The third-order valence-electron chi connectivity index (χ3n) is 4.50. The van der Waals surface area contributed by atoms with E-state index in [1.165, 1.54) is 16.7 Å². The van der Waals surface area contributed by atoms with Crippen LogP contribution in [0.15, 0.2) is 52.3 Å². The van der Waals surface area contributed by atoms with Crippen LogP contribution in [0.5, 0.6) is 0 Å². The highest BCUT2D eigenvalue weighted by Gasteiger charge is 2.39. The van der Waals surface area contributed by atoms with Crippen LogP contribution in [-0.4, -0.2) is 23.3 Å². The lowest BCUT2D eigenvalue weighted by Crippen LogP contribution is -2.34. The van der Waals surface area contributed by atoms with E-state index in [0.717, 1.165) is 21.6 Å². The van der Waals surface area contributed by atoms with Crippen LogP contribution in [-0.2, 0) is 9.59 Å². The van der Waals surface area contributed by atoms with E-state index >= 15 is 0 Å². The number of benzene rings is 2. The van der Waals surface area contributed by atoms with Crippen LogP contribution in [0.4, 0.5) is 0 Å². The van der Waals surface area contributed by atoms with Crippen LogP contribution >= 0.6 is 23.4 Å².